The predicted molar refractivity (Wildman–Crippen MR) is 211 cm³/mol. The average Bonchev–Trinajstić information content (AvgIpc) is 3.57. The Kier molecular flexibility index (Phi) is 6.78. The molecule has 0 saturated heterocycles. The van der Waals surface area contributed by atoms with E-state index in [1.54, 1.807) is 0 Å². The van der Waals surface area contributed by atoms with Crippen molar-refractivity contribution >= 4 is 43.5 Å². The van der Waals surface area contributed by atoms with E-state index in [1.165, 1.54) is 16.2 Å². The molecule has 4 nitrogen and oxygen atoms in total. The molecule has 3 aromatic heterocycles. The summed E-state index contributed by atoms with van der Waals surface area (Å²) in [6.45, 7) is 0. The van der Waals surface area contributed by atoms with Gasteiger partial charge in [0.2, 0.25) is 0 Å². The van der Waals surface area contributed by atoms with Gasteiger partial charge in [-0.1, -0.05) is 158 Å². The van der Waals surface area contributed by atoms with Crippen molar-refractivity contribution < 1.29 is 0 Å². The van der Waals surface area contributed by atoms with E-state index >= 15 is 0 Å². The van der Waals surface area contributed by atoms with Crippen molar-refractivity contribution in [2.75, 3.05) is 0 Å². The molecule has 0 unspecified atom stereocenters. The molecule has 0 amide bonds. The lowest BCUT2D eigenvalue weighted by molar-refractivity contribution is 1.17. The van der Waals surface area contributed by atoms with Gasteiger partial charge in [0.1, 0.15) is 0 Å². The molecule has 3 heterocycles. The first-order chi connectivity index (χ1) is 25.3. The summed E-state index contributed by atoms with van der Waals surface area (Å²) < 4.78 is 2.37. The van der Waals surface area contributed by atoms with Crippen LogP contribution in [0.4, 0.5) is 0 Å². The lowest BCUT2D eigenvalue weighted by Gasteiger charge is -2.14. The molecule has 0 aliphatic heterocycles. The van der Waals surface area contributed by atoms with Crippen molar-refractivity contribution in [1.29, 1.82) is 0 Å². The highest BCUT2D eigenvalue weighted by molar-refractivity contribution is 6.26. The third-order valence-electron chi connectivity index (χ3n) is 9.79. The number of pyridine rings is 1. The minimum atomic E-state index is 0.683. The van der Waals surface area contributed by atoms with Crippen LogP contribution in [0.1, 0.15) is 0 Å². The van der Waals surface area contributed by atoms with Gasteiger partial charge in [-0.3, -0.25) is 0 Å². The molecule has 0 atom stereocenters. The summed E-state index contributed by atoms with van der Waals surface area (Å²) in [4.78, 5) is 15.7. The molecule has 0 aliphatic carbocycles. The topological polar surface area (TPSA) is 43.6 Å². The molecular weight excluding hydrogens is 621 g/mol. The van der Waals surface area contributed by atoms with Crippen LogP contribution < -0.4 is 0 Å². The lowest BCUT2D eigenvalue weighted by atomic mass is 9.99. The maximum atomic E-state index is 5.54. The van der Waals surface area contributed by atoms with Crippen LogP contribution in [0.15, 0.2) is 182 Å². The van der Waals surface area contributed by atoms with Gasteiger partial charge >= 0.3 is 0 Å². The first-order valence-electron chi connectivity index (χ1n) is 17.2. The van der Waals surface area contributed by atoms with E-state index in [0.29, 0.717) is 5.82 Å². The smallest absolute Gasteiger partial charge is 0.160 e. The van der Waals surface area contributed by atoms with Crippen LogP contribution >= 0.6 is 0 Å². The second-order valence-electron chi connectivity index (χ2n) is 12.8. The maximum Gasteiger partial charge on any atom is 0.160 e. The number of hydrogen-bond acceptors (Lipinski definition) is 3. The fraction of sp³-hybridized carbons (Fsp3) is 0. The minimum Gasteiger partial charge on any atom is -0.307 e. The van der Waals surface area contributed by atoms with Crippen LogP contribution in [0.25, 0.3) is 94.3 Å². The summed E-state index contributed by atoms with van der Waals surface area (Å²) >= 11 is 0. The van der Waals surface area contributed by atoms with Crippen LogP contribution in [0.3, 0.4) is 0 Å². The summed E-state index contributed by atoms with van der Waals surface area (Å²) in [5, 5.41) is 5.88. The molecule has 0 spiro atoms. The van der Waals surface area contributed by atoms with Crippen LogP contribution in [0, 0.1) is 0 Å². The summed E-state index contributed by atoms with van der Waals surface area (Å²) in [6.07, 6.45) is 0. The lowest BCUT2D eigenvalue weighted by Crippen LogP contribution is -1.98. The Balaban J connectivity index is 1.22. The summed E-state index contributed by atoms with van der Waals surface area (Å²) in [5.41, 5.74) is 11.1. The van der Waals surface area contributed by atoms with Gasteiger partial charge in [0.05, 0.1) is 33.6 Å². The number of para-hydroxylation sites is 2. The molecule has 238 valence electrons. The van der Waals surface area contributed by atoms with Gasteiger partial charge < -0.3 is 4.57 Å². The molecule has 51 heavy (non-hydrogen) atoms. The van der Waals surface area contributed by atoms with Crippen molar-refractivity contribution in [3.05, 3.63) is 182 Å². The maximum absolute atomic E-state index is 5.54. The van der Waals surface area contributed by atoms with E-state index in [9.17, 15) is 0 Å². The second kappa shape index (κ2) is 11.9. The van der Waals surface area contributed by atoms with E-state index < -0.39 is 0 Å². The Labute approximate surface area is 295 Å². The highest BCUT2D eigenvalue weighted by Gasteiger charge is 2.22. The molecule has 0 saturated carbocycles. The predicted octanol–water partition coefficient (Wildman–Crippen LogP) is 11.9. The van der Waals surface area contributed by atoms with Crippen molar-refractivity contribution in [3.63, 3.8) is 0 Å². The number of fused-ring (bicyclic) bond motifs is 7. The second-order valence-corrected chi connectivity index (χ2v) is 12.8. The monoisotopic (exact) mass is 650 g/mol. The first-order valence-corrected chi connectivity index (χ1v) is 17.2. The number of nitrogens with zero attached hydrogens (tertiary/aromatic N) is 4. The number of benzene rings is 7. The van der Waals surface area contributed by atoms with Gasteiger partial charge in [-0.25, -0.2) is 15.0 Å². The minimum absolute atomic E-state index is 0.683. The van der Waals surface area contributed by atoms with Gasteiger partial charge in [-0.05, 0) is 29.7 Å². The zero-order valence-corrected chi connectivity index (χ0v) is 27.6. The SMILES string of the molecule is c1ccc(-c2cc(-c3ccccc3)nc(-c3ccc(-c4nc5c6ccccc6ccc5c5c6ccccc6n(-c6ccccc6)c45)cc3)n2)cc1. The Morgan fingerprint density at radius 3 is 1.65 bits per heavy atom. The molecule has 0 bridgehead atoms. The van der Waals surface area contributed by atoms with Crippen molar-refractivity contribution in [1.82, 2.24) is 19.5 Å². The summed E-state index contributed by atoms with van der Waals surface area (Å²) in [6, 6.07) is 63.6. The average molecular weight is 651 g/mol. The Morgan fingerprint density at radius 1 is 0.392 bits per heavy atom. The van der Waals surface area contributed by atoms with Crippen LogP contribution in [0.5, 0.6) is 0 Å². The van der Waals surface area contributed by atoms with E-state index in [-0.39, 0.29) is 0 Å². The van der Waals surface area contributed by atoms with Gasteiger partial charge in [-0.15, -0.1) is 0 Å². The molecule has 0 fully saturated rings. The number of rotatable bonds is 5. The van der Waals surface area contributed by atoms with Crippen molar-refractivity contribution in [3.8, 4) is 50.8 Å². The molecule has 10 rings (SSSR count). The summed E-state index contributed by atoms with van der Waals surface area (Å²) in [5.74, 6) is 0.683. The van der Waals surface area contributed by atoms with Crippen LogP contribution in [-0.2, 0) is 0 Å². The zero-order chi connectivity index (χ0) is 33.7. The van der Waals surface area contributed by atoms with E-state index in [2.05, 4.69) is 150 Å². The zero-order valence-electron chi connectivity index (χ0n) is 27.6. The molecule has 0 radical (unpaired) electrons. The fourth-order valence-corrected chi connectivity index (χ4v) is 7.39. The highest BCUT2D eigenvalue weighted by Crippen LogP contribution is 2.42. The Hall–Kier alpha value is -6.91. The number of aromatic nitrogens is 4. The normalized spacial score (nSPS) is 11.5. The summed E-state index contributed by atoms with van der Waals surface area (Å²) in [7, 11) is 0. The van der Waals surface area contributed by atoms with Crippen molar-refractivity contribution in [2.45, 2.75) is 0 Å². The molecule has 4 heteroatoms. The van der Waals surface area contributed by atoms with Crippen molar-refractivity contribution in [2.24, 2.45) is 0 Å². The van der Waals surface area contributed by atoms with Gasteiger partial charge in [0.15, 0.2) is 5.82 Å². The van der Waals surface area contributed by atoms with Gasteiger partial charge in [0, 0.05) is 49.5 Å². The van der Waals surface area contributed by atoms with Crippen LogP contribution in [0.2, 0.25) is 0 Å². The van der Waals surface area contributed by atoms with Crippen LogP contribution in [-0.4, -0.2) is 19.5 Å². The van der Waals surface area contributed by atoms with E-state index in [1.807, 2.05) is 36.4 Å². The van der Waals surface area contributed by atoms with Gasteiger partial charge in [0.25, 0.3) is 0 Å². The molecule has 0 aliphatic rings. The molecule has 0 N–H and O–H groups in total. The largest absolute Gasteiger partial charge is 0.307 e. The van der Waals surface area contributed by atoms with Gasteiger partial charge in [-0.2, -0.15) is 0 Å². The quantitative estimate of drug-likeness (QED) is 0.174. The first kappa shape index (κ1) is 29.0. The number of hydrogen-bond donors (Lipinski definition) is 0. The molecule has 7 aromatic carbocycles. The molecule has 10 aromatic rings. The standard InChI is InChI=1S/C47H30N4/c1-4-15-32(16-5-1)40-30-41(33-17-6-2-7-18-33)49-47(48-40)35-26-24-34(25-27-35)44-46-43(39-29-28-31-14-10-11-21-37(31)45(39)50-44)38-22-12-13-23-42(38)51(46)36-19-8-3-9-20-36/h1-30H. The third kappa shape index (κ3) is 4.88. The van der Waals surface area contributed by atoms with E-state index in [0.717, 1.165) is 72.3 Å². The van der Waals surface area contributed by atoms with E-state index in [4.69, 9.17) is 15.0 Å². The Morgan fingerprint density at radius 2 is 0.961 bits per heavy atom. The highest BCUT2D eigenvalue weighted by atomic mass is 15.0. The fourth-order valence-electron chi connectivity index (χ4n) is 7.39. The molecular formula is C47H30N4. The third-order valence-corrected chi connectivity index (χ3v) is 9.79. The Bertz CT molecular complexity index is 2820.